The molecule has 2 heterocycles. The van der Waals surface area contributed by atoms with Crippen LogP contribution < -0.4 is 14.5 Å². The molecule has 0 aliphatic carbocycles. The number of benzene rings is 2. The summed E-state index contributed by atoms with van der Waals surface area (Å²) < 4.78 is 6.58. The summed E-state index contributed by atoms with van der Waals surface area (Å²) in [4.78, 5) is 0. The smallest absolute Gasteiger partial charge is 0.318 e. The lowest BCUT2D eigenvalue weighted by Crippen LogP contribution is -2.30. The van der Waals surface area contributed by atoms with E-state index in [9.17, 15) is 0 Å². The Morgan fingerprint density at radius 1 is 0.900 bits per heavy atom. The Morgan fingerprint density at radius 3 is 2.27 bits per heavy atom. The summed E-state index contributed by atoms with van der Waals surface area (Å²) >= 11 is 1.88. The monoisotopic (exact) mass is 416 g/mol. The number of anilines is 1. The van der Waals surface area contributed by atoms with Crippen LogP contribution in [0.25, 0.3) is 23.2 Å². The fraction of sp³-hybridized carbons (Fsp3) is 0.200. The number of nitrogens with zero attached hydrogens (tertiary/aromatic N) is 3. The molecule has 2 aromatic carbocycles. The minimum Gasteiger partial charge on any atom is -0.384 e. The third kappa shape index (κ3) is 4.57. The van der Waals surface area contributed by atoms with Gasteiger partial charge in [0.25, 0.3) is 0 Å². The second-order valence-corrected chi connectivity index (χ2v) is 8.48. The molecule has 0 bridgehead atoms. The molecule has 2 aromatic heterocycles. The summed E-state index contributed by atoms with van der Waals surface area (Å²) in [6, 6.07) is 21.3. The molecule has 0 atom stereocenters. The predicted molar refractivity (Wildman–Crippen MR) is 126 cm³/mol. The quantitative estimate of drug-likeness (QED) is 0.277. The van der Waals surface area contributed by atoms with E-state index in [1.165, 1.54) is 27.3 Å². The molecule has 4 nitrogen and oxygen atoms in total. The molecule has 0 aliphatic heterocycles. The van der Waals surface area contributed by atoms with Gasteiger partial charge in [-0.2, -0.15) is 0 Å². The van der Waals surface area contributed by atoms with Crippen molar-refractivity contribution < 1.29 is 9.13 Å². The molecule has 0 saturated carbocycles. The van der Waals surface area contributed by atoms with Crippen molar-refractivity contribution >= 4 is 40.6 Å². The van der Waals surface area contributed by atoms with E-state index >= 15 is 0 Å². The molecule has 0 spiro atoms. The number of hydrogen-bond acceptors (Lipinski definition) is 2. The lowest BCUT2D eigenvalue weighted by Gasteiger charge is -2.06. The molecule has 0 fully saturated rings. The van der Waals surface area contributed by atoms with Gasteiger partial charge in [0.2, 0.25) is 0 Å². The summed E-state index contributed by atoms with van der Waals surface area (Å²) in [5.74, 6) is 1.01. The summed E-state index contributed by atoms with van der Waals surface area (Å²) in [5, 5.41) is 4.80. The first kappa shape index (κ1) is 20.2. The molecule has 4 rings (SSSR count). The maximum absolute atomic E-state index is 3.53. The molecular weight excluding hydrogens is 388 g/mol. The number of imidazole rings is 1. The van der Waals surface area contributed by atoms with Crippen LogP contribution in [0.1, 0.15) is 11.1 Å². The van der Waals surface area contributed by atoms with Crippen LogP contribution >= 0.6 is 11.8 Å². The molecule has 0 amide bonds. The fourth-order valence-corrected chi connectivity index (χ4v) is 4.49. The maximum Gasteiger partial charge on any atom is 0.318 e. The molecule has 1 N–H and O–H groups in total. The predicted octanol–water partition coefficient (Wildman–Crippen LogP) is 4.20. The topological polar surface area (TPSA) is 24.7 Å². The molecule has 0 unspecified atom stereocenters. The van der Waals surface area contributed by atoms with E-state index < -0.39 is 0 Å². The number of rotatable bonds is 7. The first-order valence-corrected chi connectivity index (χ1v) is 11.1. The maximum atomic E-state index is 3.53. The molecule has 30 heavy (non-hydrogen) atoms. The summed E-state index contributed by atoms with van der Waals surface area (Å²) in [6.45, 7) is 0.919. The average Bonchev–Trinajstić information content (AvgIpc) is 3.02. The lowest BCUT2D eigenvalue weighted by molar-refractivity contribution is -0.685. The molecule has 0 aliphatic rings. The number of aryl methyl sites for hydroxylation is 3. The Kier molecular flexibility index (Phi) is 6.19. The third-order valence-electron chi connectivity index (χ3n) is 5.22. The van der Waals surface area contributed by atoms with Gasteiger partial charge in [-0.15, -0.1) is 0 Å². The highest BCUT2D eigenvalue weighted by Crippen LogP contribution is 2.20. The number of para-hydroxylation sites is 2. The number of pyridine rings is 1. The highest BCUT2D eigenvalue weighted by Gasteiger charge is 2.19. The van der Waals surface area contributed by atoms with Crippen molar-refractivity contribution in [1.82, 2.24) is 4.57 Å². The zero-order valence-electron chi connectivity index (χ0n) is 17.7. The summed E-state index contributed by atoms with van der Waals surface area (Å²) in [7, 11) is 6.30. The third-order valence-corrected chi connectivity index (χ3v) is 6.44. The van der Waals surface area contributed by atoms with Gasteiger partial charge in [-0.05, 0) is 47.2 Å². The van der Waals surface area contributed by atoms with Gasteiger partial charge >= 0.3 is 5.16 Å². The Morgan fingerprint density at radius 2 is 1.57 bits per heavy atom. The second kappa shape index (κ2) is 9.18. The molecule has 0 saturated heterocycles. The normalized spacial score (nSPS) is 11.4. The van der Waals surface area contributed by atoms with Crippen LogP contribution in [-0.4, -0.2) is 16.9 Å². The SMILES string of the molecule is Cn1c(SCCNc2ccc(/C=C/c3cc[n+](C)cc3)cc2)[n+](C)c2ccccc21. The van der Waals surface area contributed by atoms with E-state index in [0.29, 0.717) is 0 Å². The van der Waals surface area contributed by atoms with Crippen molar-refractivity contribution in [3.63, 3.8) is 0 Å². The van der Waals surface area contributed by atoms with Crippen molar-refractivity contribution in [2.75, 3.05) is 17.6 Å². The van der Waals surface area contributed by atoms with Gasteiger partial charge in [0, 0.05) is 30.1 Å². The van der Waals surface area contributed by atoms with Gasteiger partial charge in [0.1, 0.15) is 7.05 Å². The molecule has 4 aromatic rings. The van der Waals surface area contributed by atoms with E-state index in [2.05, 4.69) is 114 Å². The van der Waals surface area contributed by atoms with Crippen LogP contribution in [0.3, 0.4) is 0 Å². The van der Waals surface area contributed by atoms with Crippen molar-refractivity contribution in [3.05, 3.63) is 84.2 Å². The van der Waals surface area contributed by atoms with E-state index in [1.54, 1.807) is 0 Å². The standard InChI is InChI=1S/C25H27N4S/c1-27-17-14-21(15-18-27)9-8-20-10-12-22(13-11-20)26-16-19-30-25-28(2)23-6-4-5-7-24(23)29(25)3/h4-15,17-18H,16,19H2,1-3H3/q+1/p+1. The zero-order chi connectivity index (χ0) is 20.9. The van der Waals surface area contributed by atoms with Gasteiger partial charge in [-0.25, -0.2) is 13.7 Å². The van der Waals surface area contributed by atoms with Crippen molar-refractivity contribution in [2.24, 2.45) is 21.1 Å². The first-order chi connectivity index (χ1) is 14.6. The van der Waals surface area contributed by atoms with Gasteiger partial charge in [0.05, 0.1) is 14.1 Å². The molecule has 152 valence electrons. The van der Waals surface area contributed by atoms with Gasteiger partial charge in [0.15, 0.2) is 23.4 Å². The van der Waals surface area contributed by atoms with Gasteiger partial charge in [-0.3, -0.25) is 0 Å². The minimum atomic E-state index is 0.919. The van der Waals surface area contributed by atoms with E-state index in [0.717, 1.165) is 18.0 Å². The van der Waals surface area contributed by atoms with Crippen molar-refractivity contribution in [1.29, 1.82) is 0 Å². The average molecular weight is 417 g/mol. The Labute approximate surface area is 182 Å². The molecule has 5 heteroatoms. The number of nitrogens with one attached hydrogen (secondary N) is 1. The fourth-order valence-electron chi connectivity index (χ4n) is 3.52. The molecule has 0 radical (unpaired) electrons. The Bertz CT molecular complexity index is 1120. The zero-order valence-corrected chi connectivity index (χ0v) is 18.6. The first-order valence-electron chi connectivity index (χ1n) is 10.2. The largest absolute Gasteiger partial charge is 0.384 e. The Hall–Kier alpha value is -3.05. The van der Waals surface area contributed by atoms with Crippen LogP contribution in [0.2, 0.25) is 0 Å². The highest BCUT2D eigenvalue weighted by atomic mass is 32.2. The lowest BCUT2D eigenvalue weighted by atomic mass is 10.1. The van der Waals surface area contributed by atoms with Gasteiger partial charge in [-0.1, -0.05) is 36.4 Å². The van der Waals surface area contributed by atoms with Crippen LogP contribution in [0.15, 0.2) is 78.2 Å². The van der Waals surface area contributed by atoms with Crippen molar-refractivity contribution in [2.45, 2.75) is 5.16 Å². The van der Waals surface area contributed by atoms with E-state index in [-0.39, 0.29) is 0 Å². The van der Waals surface area contributed by atoms with Crippen LogP contribution in [0.4, 0.5) is 5.69 Å². The molecular formula is C25H28N4S+2. The van der Waals surface area contributed by atoms with Crippen LogP contribution in [0, 0.1) is 0 Å². The van der Waals surface area contributed by atoms with Gasteiger partial charge < -0.3 is 5.32 Å². The Balaban J connectivity index is 1.30. The second-order valence-electron chi connectivity index (χ2n) is 7.42. The minimum absolute atomic E-state index is 0.919. The number of aromatic nitrogens is 3. The van der Waals surface area contributed by atoms with E-state index in [1.807, 2.05) is 23.4 Å². The highest BCUT2D eigenvalue weighted by molar-refractivity contribution is 7.99. The number of hydrogen-bond donors (Lipinski definition) is 1. The van der Waals surface area contributed by atoms with Crippen LogP contribution in [0.5, 0.6) is 0 Å². The summed E-state index contributed by atoms with van der Waals surface area (Å²) in [6.07, 6.45) is 8.41. The number of fused-ring (bicyclic) bond motifs is 1. The van der Waals surface area contributed by atoms with Crippen LogP contribution in [-0.2, 0) is 21.1 Å². The van der Waals surface area contributed by atoms with Crippen molar-refractivity contribution in [3.8, 4) is 0 Å². The van der Waals surface area contributed by atoms with E-state index in [4.69, 9.17) is 0 Å². The summed E-state index contributed by atoms with van der Waals surface area (Å²) in [5.41, 5.74) is 6.09. The number of thioether (sulfide) groups is 1.